The summed E-state index contributed by atoms with van der Waals surface area (Å²) in [6.07, 6.45) is 3.42. The summed E-state index contributed by atoms with van der Waals surface area (Å²) in [5, 5.41) is 12.0. The Labute approximate surface area is 382 Å². The van der Waals surface area contributed by atoms with Crippen molar-refractivity contribution in [3.05, 3.63) is 149 Å². The molecule has 2 fully saturated rings. The van der Waals surface area contributed by atoms with E-state index >= 15 is 0 Å². The largest absolute Gasteiger partial charge is 0.491 e. The van der Waals surface area contributed by atoms with Gasteiger partial charge in [-0.3, -0.25) is 10.2 Å². The maximum absolute atomic E-state index is 15.0. The van der Waals surface area contributed by atoms with E-state index in [0.29, 0.717) is 18.0 Å². The number of hydrogen-bond acceptors (Lipinski definition) is 12. The molecule has 2 aliphatic heterocycles. The minimum Gasteiger partial charge on any atom is -0.491 e. The Balaban J connectivity index is 0.816. The lowest BCUT2D eigenvalue weighted by molar-refractivity contribution is -0.192. The van der Waals surface area contributed by atoms with Crippen molar-refractivity contribution in [1.29, 1.82) is 0 Å². The number of halogens is 2. The summed E-state index contributed by atoms with van der Waals surface area (Å²) in [5.41, 5.74) is 2.98. The minimum absolute atomic E-state index is 0.0170. The number of hydrogen-bond donors (Lipinski definition) is 1. The van der Waals surface area contributed by atoms with E-state index in [0.717, 1.165) is 49.2 Å². The highest BCUT2D eigenvalue weighted by atomic mass is 19.1. The van der Waals surface area contributed by atoms with Gasteiger partial charge in [-0.25, -0.2) is 37.3 Å². The van der Waals surface area contributed by atoms with E-state index in [9.17, 15) is 18.4 Å². The second-order valence-electron chi connectivity index (χ2n) is 17.6. The molecule has 0 aliphatic carbocycles. The number of benzene rings is 4. The molecule has 0 saturated carbocycles. The third-order valence-corrected chi connectivity index (χ3v) is 11.7. The Hall–Kier alpha value is -6.63. The molecule has 0 spiro atoms. The number of anilines is 2. The van der Waals surface area contributed by atoms with Crippen molar-refractivity contribution in [2.75, 3.05) is 55.9 Å². The lowest BCUT2D eigenvalue weighted by Gasteiger charge is -2.37. The number of piperazine rings is 1. The molecule has 4 aromatic carbocycles. The van der Waals surface area contributed by atoms with E-state index in [1.807, 2.05) is 113 Å². The fraction of sp³-hybridized carbons (Fsp3) is 0.396. The first-order chi connectivity index (χ1) is 31.7. The number of rotatable bonds is 16. The molecule has 4 heterocycles. The van der Waals surface area contributed by atoms with E-state index in [1.165, 1.54) is 34.2 Å². The third-order valence-electron chi connectivity index (χ3n) is 11.7. The average Bonchev–Trinajstić information content (AvgIpc) is 4.08. The van der Waals surface area contributed by atoms with Gasteiger partial charge in [0.05, 0.1) is 31.5 Å². The van der Waals surface area contributed by atoms with Gasteiger partial charge in [0.15, 0.2) is 0 Å². The molecule has 0 bridgehead atoms. The molecule has 4 atom stereocenters. The summed E-state index contributed by atoms with van der Waals surface area (Å²) in [6.45, 7) is 13.5. The van der Waals surface area contributed by atoms with Crippen molar-refractivity contribution in [2.24, 2.45) is 0 Å². The van der Waals surface area contributed by atoms with Gasteiger partial charge in [0, 0.05) is 55.2 Å². The van der Waals surface area contributed by atoms with Crippen LogP contribution in [0.3, 0.4) is 0 Å². The molecule has 6 aromatic rings. The number of carbonyl (C=O) groups is 1. The van der Waals surface area contributed by atoms with Crippen LogP contribution in [0.4, 0.5) is 25.0 Å². The highest BCUT2D eigenvalue weighted by Gasteiger charge is 2.46. The average molecular weight is 907 g/mol. The summed E-state index contributed by atoms with van der Waals surface area (Å²) in [5.74, 6) is -2.36. The van der Waals surface area contributed by atoms with Crippen LogP contribution in [-0.4, -0.2) is 104 Å². The molecule has 8 rings (SSSR count). The van der Waals surface area contributed by atoms with Crippen LogP contribution in [-0.2, 0) is 33.1 Å². The maximum atomic E-state index is 15.0. The second kappa shape index (κ2) is 19.9. The van der Waals surface area contributed by atoms with Crippen LogP contribution in [0, 0.1) is 11.6 Å². The van der Waals surface area contributed by atoms with E-state index in [2.05, 4.69) is 30.3 Å². The lowest BCUT2D eigenvalue weighted by atomic mass is 10.0. The molecule has 2 saturated heterocycles. The first kappa shape index (κ1) is 45.9. The first-order valence-corrected chi connectivity index (χ1v) is 22.1. The summed E-state index contributed by atoms with van der Waals surface area (Å²) in [7, 11) is 0. The Morgan fingerprint density at radius 1 is 0.894 bits per heavy atom. The van der Waals surface area contributed by atoms with Gasteiger partial charge in [-0.1, -0.05) is 30.3 Å². The van der Waals surface area contributed by atoms with Gasteiger partial charge in [0.1, 0.15) is 61.2 Å². The Morgan fingerprint density at radius 3 is 2.20 bits per heavy atom. The summed E-state index contributed by atoms with van der Waals surface area (Å²) in [6, 6.07) is 28.3. The van der Waals surface area contributed by atoms with Crippen molar-refractivity contribution in [3.8, 4) is 11.4 Å². The normalized spacial score (nSPS) is 18.6. The van der Waals surface area contributed by atoms with Crippen molar-refractivity contribution < 1.29 is 32.5 Å². The van der Waals surface area contributed by atoms with Gasteiger partial charge in [0.25, 0.3) is 0 Å². The Bertz CT molecular complexity index is 2580. The maximum Gasteiger partial charge on any atom is 0.411 e. The van der Waals surface area contributed by atoms with Gasteiger partial charge in [-0.15, -0.1) is 0 Å². The monoisotopic (exact) mass is 906 g/mol. The number of aromatic nitrogens is 6. The highest BCUT2D eigenvalue weighted by molar-refractivity contribution is 5.68. The smallest absolute Gasteiger partial charge is 0.411 e. The van der Waals surface area contributed by atoms with Gasteiger partial charge in [-0.05, 0) is 101 Å². The highest BCUT2D eigenvalue weighted by Crippen LogP contribution is 2.38. The van der Waals surface area contributed by atoms with E-state index in [1.54, 1.807) is 15.8 Å². The molecule has 1 unspecified atom stereocenters. The molecule has 18 heteroatoms. The fourth-order valence-corrected chi connectivity index (χ4v) is 8.00. The lowest BCUT2D eigenvalue weighted by Crippen LogP contribution is -2.46. The molecule has 1 amide bonds. The number of carbonyl (C=O) groups excluding carboxylic acids is 1. The van der Waals surface area contributed by atoms with E-state index in [-0.39, 0.29) is 49.8 Å². The molecular formula is C48H56F2N10O6. The summed E-state index contributed by atoms with van der Waals surface area (Å²) >= 11 is 0. The van der Waals surface area contributed by atoms with Crippen molar-refractivity contribution in [1.82, 2.24) is 39.3 Å². The topological polar surface area (TPSA) is 146 Å². The second-order valence-corrected chi connectivity index (χ2v) is 17.6. The predicted molar refractivity (Wildman–Crippen MR) is 243 cm³/mol. The van der Waals surface area contributed by atoms with Crippen LogP contribution >= 0.6 is 0 Å². The molecule has 0 radical (unpaired) electrons. The zero-order valence-corrected chi connectivity index (χ0v) is 37.8. The van der Waals surface area contributed by atoms with Crippen molar-refractivity contribution in [3.63, 3.8) is 0 Å². The SMILES string of the molecule is CC(NCN(Cc1ccccc1)C(=O)OC(C)(C)C)[C@H](C)n1ncn(-c2ccc(N3CCN(c4ccc(OC[C@@H]5CO[C@@](Cn6cncn6)(c6ccc(F)cc6F)O5)cc4)CC3)cc2)c1=O. The molecule has 2 aromatic heterocycles. The van der Waals surface area contributed by atoms with Crippen LogP contribution in [0.15, 0.2) is 121 Å². The van der Waals surface area contributed by atoms with Crippen LogP contribution in [0.25, 0.3) is 5.69 Å². The predicted octanol–water partition coefficient (Wildman–Crippen LogP) is 6.51. The van der Waals surface area contributed by atoms with E-state index in [4.69, 9.17) is 18.9 Å². The molecule has 1 N–H and O–H groups in total. The van der Waals surface area contributed by atoms with Gasteiger partial charge in [0.2, 0.25) is 5.79 Å². The zero-order valence-electron chi connectivity index (χ0n) is 37.8. The third kappa shape index (κ3) is 10.9. The molecular weight excluding hydrogens is 851 g/mol. The number of ether oxygens (including phenoxy) is 4. The fourth-order valence-electron chi connectivity index (χ4n) is 8.00. The molecule has 66 heavy (non-hydrogen) atoms. The van der Waals surface area contributed by atoms with Gasteiger partial charge in [-0.2, -0.15) is 10.2 Å². The van der Waals surface area contributed by atoms with Crippen LogP contribution in [0.5, 0.6) is 5.75 Å². The quantitative estimate of drug-likeness (QED) is 0.106. The number of amides is 1. The van der Waals surface area contributed by atoms with E-state index < -0.39 is 35.2 Å². The van der Waals surface area contributed by atoms with Crippen LogP contribution in [0.1, 0.15) is 51.8 Å². The summed E-state index contributed by atoms with van der Waals surface area (Å²) in [4.78, 5) is 37.0. The first-order valence-electron chi connectivity index (χ1n) is 22.1. The zero-order chi connectivity index (χ0) is 46.4. The van der Waals surface area contributed by atoms with Crippen LogP contribution in [0.2, 0.25) is 0 Å². The van der Waals surface area contributed by atoms with Crippen molar-refractivity contribution in [2.45, 2.75) is 77.3 Å². The van der Waals surface area contributed by atoms with Gasteiger partial charge < -0.3 is 28.7 Å². The number of nitrogens with zero attached hydrogens (tertiary/aromatic N) is 9. The standard InChI is InChI=1S/C48H56F2N10O6/c1-34(52-32-57(46(62)66-47(3,4)5)26-36-9-7-6-8-10-36)35(2)60-45(61)59(33-54-60)40-14-12-38(13-15-40)55-21-23-56(24-22-55)39-16-18-41(19-17-39)63-27-42-28-64-48(65-42,29-58-31-51-30-53-58)43-20-11-37(49)25-44(43)50/h6-20,25,30-31,33-35,42,52H,21-24,26-29,32H2,1-5H3/t34?,35-,42+,48+/m0/s1. The number of nitrogens with one attached hydrogen (secondary N) is 1. The molecule has 16 nitrogen and oxygen atoms in total. The summed E-state index contributed by atoms with van der Waals surface area (Å²) < 4.78 is 57.3. The Morgan fingerprint density at radius 2 is 1.56 bits per heavy atom. The molecule has 2 aliphatic rings. The minimum atomic E-state index is -1.53. The van der Waals surface area contributed by atoms with Crippen molar-refractivity contribution >= 4 is 17.5 Å². The molecule has 348 valence electrons. The Kier molecular flexibility index (Phi) is 13.8. The van der Waals surface area contributed by atoms with Gasteiger partial charge >= 0.3 is 11.8 Å². The van der Waals surface area contributed by atoms with Crippen LogP contribution < -0.4 is 25.5 Å².